The fourth-order valence-electron chi connectivity index (χ4n) is 17.8. The van der Waals surface area contributed by atoms with Crippen molar-refractivity contribution in [1.82, 2.24) is 46.2 Å². The molecule has 0 fully saturated rings. The number of nitrogens with one attached hydrogen (secondary N) is 10. The lowest BCUT2D eigenvalue weighted by molar-refractivity contribution is 0.0174. The molecule has 10 aromatic carbocycles. The SMILES string of the molecule is C#Cc1ccc(C(=O)NC2CCCc3c2[nH]c2ccc(Br)cc32)cc1.CC(F)(F)c1ccc(C(=O)NC2CCCc3c2[nH]c2ccc(Br)cc32)cc1.Cc1ccc(C(=O)NC2CCCc3c2[nH]c2ccc(Br)cc32)c(F)c1.Cc1ccc(C(=O)NC2CCCc3c2[nH]c2ccc(Br)cc32)cc1.Cc1ccc(NC2CCCc3c2[nH]c2ccc(Cl)cc32)cc1. The van der Waals surface area contributed by atoms with Gasteiger partial charge in [-0.15, -0.1) is 6.42 Å². The second-order valence-corrected chi connectivity index (χ2v) is 36.8. The van der Waals surface area contributed by atoms with Crippen LogP contribution in [0, 0.1) is 38.9 Å². The van der Waals surface area contributed by atoms with Crippen LogP contribution in [0.5, 0.6) is 0 Å². The summed E-state index contributed by atoms with van der Waals surface area (Å²) in [5.74, 6) is -1.51. The number of terminal acetylenes is 1. The second kappa shape index (κ2) is 37.3. The first-order valence-electron chi connectivity index (χ1n) is 41.8. The van der Waals surface area contributed by atoms with Gasteiger partial charge in [0.15, 0.2) is 0 Å². The Balaban J connectivity index is 0.000000114. The van der Waals surface area contributed by atoms with Gasteiger partial charge in [0.25, 0.3) is 29.6 Å². The van der Waals surface area contributed by atoms with E-state index in [1.807, 2.05) is 73.7 Å². The molecule has 0 aliphatic heterocycles. The van der Waals surface area contributed by atoms with Gasteiger partial charge >= 0.3 is 0 Å². The number of anilines is 1. The number of aromatic amines is 5. The molecule has 10 N–H and O–H groups in total. The maximum absolute atomic E-state index is 14.1. The van der Waals surface area contributed by atoms with E-state index in [9.17, 15) is 32.3 Å². The topological polar surface area (TPSA) is 207 Å². The summed E-state index contributed by atoms with van der Waals surface area (Å²) in [5.41, 5.74) is 24.8. The maximum atomic E-state index is 14.1. The summed E-state index contributed by atoms with van der Waals surface area (Å²) in [6.07, 6.45) is 20.6. The molecule has 15 aromatic rings. The van der Waals surface area contributed by atoms with Crippen molar-refractivity contribution in [3.63, 3.8) is 0 Å². The highest BCUT2D eigenvalue weighted by molar-refractivity contribution is 9.11. The van der Waals surface area contributed by atoms with Crippen molar-refractivity contribution in [2.45, 2.75) is 160 Å². The summed E-state index contributed by atoms with van der Waals surface area (Å²) in [6, 6.07) is 64.8. The molecule has 0 spiro atoms. The maximum Gasteiger partial charge on any atom is 0.270 e. The lowest BCUT2D eigenvalue weighted by Gasteiger charge is -2.25. The van der Waals surface area contributed by atoms with Gasteiger partial charge in [-0.25, -0.2) is 13.2 Å². The van der Waals surface area contributed by atoms with Gasteiger partial charge in [-0.1, -0.05) is 135 Å². The number of amides is 4. The molecule has 626 valence electrons. The summed E-state index contributed by atoms with van der Waals surface area (Å²) in [5, 5.41) is 23.1. The van der Waals surface area contributed by atoms with Crippen molar-refractivity contribution in [2.75, 3.05) is 5.32 Å². The lowest BCUT2D eigenvalue weighted by atomic mass is 9.91. The minimum Gasteiger partial charge on any atom is -0.377 e. The summed E-state index contributed by atoms with van der Waals surface area (Å²) >= 11 is 20.3. The predicted molar refractivity (Wildman–Crippen MR) is 503 cm³/mol. The first kappa shape index (κ1) is 85.7. The minimum atomic E-state index is -2.91. The molecule has 14 nitrogen and oxygen atoms in total. The third-order valence-corrected chi connectivity index (χ3v) is 26.3. The molecule has 5 heterocycles. The number of alkyl halides is 2. The van der Waals surface area contributed by atoms with E-state index < -0.39 is 11.7 Å². The Morgan fingerprint density at radius 3 is 1.06 bits per heavy atom. The van der Waals surface area contributed by atoms with E-state index in [4.69, 9.17) is 18.0 Å². The van der Waals surface area contributed by atoms with E-state index in [2.05, 4.69) is 201 Å². The molecule has 5 atom stereocenters. The van der Waals surface area contributed by atoms with E-state index in [0.29, 0.717) is 22.7 Å². The normalized spacial score (nSPS) is 16.8. The van der Waals surface area contributed by atoms with Crippen molar-refractivity contribution >= 4 is 159 Å². The number of carbonyl (C=O) groups excluding carboxylic acids is 4. The van der Waals surface area contributed by atoms with Crippen LogP contribution in [-0.2, 0) is 38.0 Å². The van der Waals surface area contributed by atoms with Crippen LogP contribution in [0.25, 0.3) is 54.5 Å². The van der Waals surface area contributed by atoms with Gasteiger partial charge in [0.1, 0.15) is 5.82 Å². The quantitative estimate of drug-likeness (QED) is 0.0572. The van der Waals surface area contributed by atoms with Gasteiger partial charge in [0, 0.05) is 146 Å². The first-order valence-corrected chi connectivity index (χ1v) is 45.3. The van der Waals surface area contributed by atoms with E-state index in [0.717, 1.165) is 181 Å². The summed E-state index contributed by atoms with van der Waals surface area (Å²) in [4.78, 5) is 67.9. The van der Waals surface area contributed by atoms with Gasteiger partial charge in [-0.2, -0.15) is 0 Å². The van der Waals surface area contributed by atoms with E-state index in [1.54, 1.807) is 43.3 Å². The van der Waals surface area contributed by atoms with Crippen molar-refractivity contribution in [1.29, 1.82) is 0 Å². The second-order valence-electron chi connectivity index (χ2n) is 32.7. The van der Waals surface area contributed by atoms with Crippen molar-refractivity contribution in [2.24, 2.45) is 0 Å². The standard InChI is InChI=1S/C21H19BrF2N2O.C21H17BrN2O.C20H18BrFN2O.C20H19BrN2O.C19H19ClN2/c1-21(23,24)13-7-5-12(6-8-13)20(27)26-18-4-2-3-15-16-11-14(22)9-10-17(16)25-19(15)18;1-2-13-6-8-14(9-7-13)21(25)24-19-5-3-4-16-17-12-15(22)10-11-18(17)23-20(16)19;1-11-5-7-14(16(22)9-11)20(25)24-18-4-2-3-13-15-10-12(21)6-8-17(15)23-19(13)18;1-12-5-7-13(8-6-12)20(24)23-18-4-2-3-15-16-11-14(21)9-10-17(16)22-19(15)18;1-12-5-8-14(9-6-12)21-18-4-2-3-15-16-11-13(20)7-10-17(16)22-19(15)18/h5-11,18,25H,2-4H2,1H3,(H,26,27);1,6-12,19,23H,3-5H2,(H,24,25);5-10,18,23H,2-4H2,1H3,(H,24,25);5-11,18,22H,2-4H2,1H3,(H,23,24);5-11,18,21-22H,2-4H2,1H3. The number of H-pyrrole nitrogens is 5. The Labute approximate surface area is 750 Å². The number of benzene rings is 10. The summed E-state index contributed by atoms with van der Waals surface area (Å²) < 4.78 is 45.0. The number of carbonyl (C=O) groups is 4. The number of aromatic nitrogens is 5. The monoisotopic (exact) mass is 1920 g/mol. The highest BCUT2D eigenvalue weighted by Gasteiger charge is 2.33. The number of hydrogen-bond acceptors (Lipinski definition) is 5. The Bertz CT molecular complexity index is 6540. The largest absolute Gasteiger partial charge is 0.377 e. The Morgan fingerprint density at radius 2 is 0.699 bits per heavy atom. The highest BCUT2D eigenvalue weighted by Crippen LogP contribution is 2.43. The Kier molecular flexibility index (Phi) is 26.0. The minimum absolute atomic E-state index is 0.00677. The number of rotatable bonds is 11. The van der Waals surface area contributed by atoms with Gasteiger partial charge in [-0.05, 0) is 314 Å². The fourth-order valence-corrected chi connectivity index (χ4v) is 19.5. The molecule has 5 unspecified atom stereocenters. The summed E-state index contributed by atoms with van der Waals surface area (Å²) in [6.45, 7) is 6.79. The smallest absolute Gasteiger partial charge is 0.270 e. The molecule has 5 aliphatic rings. The van der Waals surface area contributed by atoms with E-state index >= 15 is 0 Å². The molecule has 0 bridgehead atoms. The van der Waals surface area contributed by atoms with Crippen LogP contribution in [0.1, 0.15) is 227 Å². The lowest BCUT2D eigenvalue weighted by Crippen LogP contribution is -2.31. The van der Waals surface area contributed by atoms with Crippen LogP contribution in [0.15, 0.2) is 224 Å². The highest BCUT2D eigenvalue weighted by atomic mass is 79.9. The summed E-state index contributed by atoms with van der Waals surface area (Å²) in [7, 11) is 0. The molecule has 20 rings (SSSR count). The third kappa shape index (κ3) is 19.4. The van der Waals surface area contributed by atoms with Crippen molar-refractivity contribution in [3.8, 4) is 12.3 Å². The van der Waals surface area contributed by atoms with Gasteiger partial charge in [0.2, 0.25) is 0 Å². The van der Waals surface area contributed by atoms with Crippen LogP contribution in [0.4, 0.5) is 18.9 Å². The third-order valence-electron chi connectivity index (χ3n) is 24.1. The van der Waals surface area contributed by atoms with Crippen LogP contribution >= 0.6 is 75.3 Å². The Morgan fingerprint density at radius 1 is 0.390 bits per heavy atom. The molecule has 123 heavy (non-hydrogen) atoms. The van der Waals surface area contributed by atoms with Gasteiger partial charge in [0.05, 0.1) is 35.8 Å². The number of hydrogen-bond donors (Lipinski definition) is 10. The number of aryl methyl sites for hydroxylation is 8. The zero-order valence-corrected chi connectivity index (χ0v) is 75.5. The Hall–Kier alpha value is -10.9. The van der Waals surface area contributed by atoms with Crippen LogP contribution in [-0.4, -0.2) is 48.5 Å². The number of halogens is 8. The van der Waals surface area contributed by atoms with Gasteiger partial charge < -0.3 is 51.5 Å². The van der Waals surface area contributed by atoms with Crippen LogP contribution in [0.2, 0.25) is 5.02 Å². The van der Waals surface area contributed by atoms with Crippen LogP contribution < -0.4 is 26.6 Å². The van der Waals surface area contributed by atoms with Gasteiger partial charge in [-0.3, -0.25) is 19.2 Å². The van der Waals surface area contributed by atoms with Crippen LogP contribution in [0.3, 0.4) is 0 Å². The molecule has 0 saturated carbocycles. The van der Waals surface area contributed by atoms with E-state index in [1.165, 1.54) is 114 Å². The molecular weight excluding hydrogens is 1830 g/mol. The number of fused-ring (bicyclic) bond motifs is 15. The van der Waals surface area contributed by atoms with Crippen molar-refractivity contribution in [3.05, 3.63) is 341 Å². The molecule has 5 aromatic heterocycles. The molecule has 0 radical (unpaired) electrons. The molecule has 4 amide bonds. The zero-order chi connectivity index (χ0) is 85.9. The molecule has 22 heteroatoms. The fraction of sp³-hybridized carbons (Fsp3) is 0.248. The predicted octanol–water partition coefficient (Wildman–Crippen LogP) is 26.4. The average Bonchev–Trinajstić information content (AvgIpc) is 1.64. The zero-order valence-electron chi connectivity index (χ0n) is 68.4. The van der Waals surface area contributed by atoms with Crippen molar-refractivity contribution < 1.29 is 32.3 Å². The molecular formula is C101H92Br4ClF3N10O4. The average molecular weight is 1920 g/mol. The first-order chi connectivity index (χ1) is 59.3. The molecule has 5 aliphatic carbocycles. The van der Waals surface area contributed by atoms with E-state index in [-0.39, 0.29) is 58.9 Å². The molecule has 0 saturated heterocycles.